The molecule has 1 aliphatic rings. The molecule has 0 radical (unpaired) electrons. The van der Waals surface area contributed by atoms with Crippen LogP contribution in [0.4, 0.5) is 0 Å². The van der Waals surface area contributed by atoms with Crippen LogP contribution in [0.1, 0.15) is 22.8 Å². The first-order valence-electron chi connectivity index (χ1n) is 5.11. The highest BCUT2D eigenvalue weighted by atomic mass is 16.7. The highest BCUT2D eigenvalue weighted by Crippen LogP contribution is 2.32. The molecule has 4 nitrogen and oxygen atoms in total. The van der Waals surface area contributed by atoms with Gasteiger partial charge in [-0.2, -0.15) is 0 Å². The van der Waals surface area contributed by atoms with Crippen LogP contribution >= 0.6 is 0 Å². The average molecular weight is 222 g/mol. The van der Waals surface area contributed by atoms with E-state index in [0.29, 0.717) is 24.5 Å². The fourth-order valence-corrected chi connectivity index (χ4v) is 1.79. The lowest BCUT2D eigenvalue weighted by atomic mass is 10.0. The second-order valence-electron chi connectivity index (χ2n) is 3.72. The minimum atomic E-state index is -0.746. The number of ether oxygens (including phenoxy) is 3. The Balaban J connectivity index is 2.39. The van der Waals surface area contributed by atoms with Crippen LogP contribution < -0.4 is 4.74 Å². The maximum atomic E-state index is 10.9. The lowest BCUT2D eigenvalue weighted by molar-refractivity contribution is -0.149. The van der Waals surface area contributed by atoms with Crippen molar-refractivity contribution in [2.45, 2.75) is 12.7 Å². The van der Waals surface area contributed by atoms with Crippen molar-refractivity contribution in [1.29, 1.82) is 0 Å². The fourth-order valence-electron chi connectivity index (χ4n) is 1.79. The molecule has 0 N–H and O–H groups in total. The highest BCUT2D eigenvalue weighted by Gasteiger charge is 2.33. The Morgan fingerprint density at radius 2 is 2.06 bits per heavy atom. The van der Waals surface area contributed by atoms with Gasteiger partial charge in [-0.25, -0.2) is 0 Å². The second kappa shape index (κ2) is 4.23. The first-order valence-corrected chi connectivity index (χ1v) is 5.11. The molecule has 2 rings (SSSR count). The molecule has 0 aliphatic carbocycles. The summed E-state index contributed by atoms with van der Waals surface area (Å²) in [5.41, 5.74) is 1.33. The van der Waals surface area contributed by atoms with Crippen molar-refractivity contribution in [3.8, 4) is 5.75 Å². The SMILES string of the molecule is COc1ccc(C2(C)OCCO2)cc1C=O. The van der Waals surface area contributed by atoms with Crippen LogP contribution in [0.25, 0.3) is 0 Å². The molecule has 1 aliphatic heterocycles. The van der Waals surface area contributed by atoms with Gasteiger partial charge in [0.1, 0.15) is 5.75 Å². The van der Waals surface area contributed by atoms with Crippen LogP contribution in [0.2, 0.25) is 0 Å². The predicted octanol–water partition coefficient (Wildman–Crippen LogP) is 1.73. The Labute approximate surface area is 94.1 Å². The van der Waals surface area contributed by atoms with Crippen molar-refractivity contribution in [3.63, 3.8) is 0 Å². The maximum Gasteiger partial charge on any atom is 0.192 e. The first kappa shape index (κ1) is 11.1. The summed E-state index contributed by atoms with van der Waals surface area (Å²) >= 11 is 0. The molecule has 1 aromatic carbocycles. The van der Waals surface area contributed by atoms with Crippen LogP contribution in [0.3, 0.4) is 0 Å². The smallest absolute Gasteiger partial charge is 0.192 e. The van der Waals surface area contributed by atoms with Crippen molar-refractivity contribution in [1.82, 2.24) is 0 Å². The summed E-state index contributed by atoms with van der Waals surface area (Å²) < 4.78 is 16.1. The summed E-state index contributed by atoms with van der Waals surface area (Å²) in [6, 6.07) is 5.32. The molecule has 1 fully saturated rings. The normalized spacial score (nSPS) is 18.4. The Hall–Kier alpha value is -1.39. The zero-order chi connectivity index (χ0) is 11.6. The zero-order valence-electron chi connectivity index (χ0n) is 9.36. The predicted molar refractivity (Wildman–Crippen MR) is 57.6 cm³/mol. The van der Waals surface area contributed by atoms with Crippen LogP contribution in [0.15, 0.2) is 18.2 Å². The number of carbonyl (C=O) groups is 1. The molecule has 0 unspecified atom stereocenters. The molecule has 1 aromatic rings. The summed E-state index contributed by atoms with van der Waals surface area (Å²) in [5.74, 6) is -0.190. The molecule has 0 saturated carbocycles. The van der Waals surface area contributed by atoms with E-state index in [1.807, 2.05) is 13.0 Å². The Morgan fingerprint density at radius 1 is 1.38 bits per heavy atom. The van der Waals surface area contributed by atoms with Crippen molar-refractivity contribution in [2.24, 2.45) is 0 Å². The minimum Gasteiger partial charge on any atom is -0.496 e. The van der Waals surface area contributed by atoms with Crippen molar-refractivity contribution < 1.29 is 19.0 Å². The molecule has 0 atom stereocenters. The highest BCUT2D eigenvalue weighted by molar-refractivity contribution is 5.79. The topological polar surface area (TPSA) is 44.8 Å². The number of methoxy groups -OCH3 is 1. The van der Waals surface area contributed by atoms with E-state index < -0.39 is 5.79 Å². The van der Waals surface area contributed by atoms with Crippen molar-refractivity contribution >= 4 is 6.29 Å². The zero-order valence-corrected chi connectivity index (χ0v) is 9.36. The molecular formula is C12H14O4. The molecule has 0 amide bonds. The van der Waals surface area contributed by atoms with Gasteiger partial charge in [0.2, 0.25) is 0 Å². The molecule has 0 aromatic heterocycles. The van der Waals surface area contributed by atoms with Crippen LogP contribution in [0.5, 0.6) is 5.75 Å². The largest absolute Gasteiger partial charge is 0.496 e. The molecule has 86 valence electrons. The fraction of sp³-hybridized carbons (Fsp3) is 0.417. The van der Waals surface area contributed by atoms with Gasteiger partial charge < -0.3 is 14.2 Å². The van der Waals surface area contributed by atoms with Gasteiger partial charge in [0, 0.05) is 5.56 Å². The lowest BCUT2D eigenvalue weighted by Gasteiger charge is -2.23. The van der Waals surface area contributed by atoms with E-state index in [2.05, 4.69) is 0 Å². The molecule has 1 heterocycles. The number of carbonyl (C=O) groups excluding carboxylic acids is 1. The monoisotopic (exact) mass is 222 g/mol. The summed E-state index contributed by atoms with van der Waals surface area (Å²) in [5, 5.41) is 0. The van der Waals surface area contributed by atoms with Gasteiger partial charge in [0.05, 0.1) is 25.9 Å². The summed E-state index contributed by atoms with van der Waals surface area (Å²) in [7, 11) is 1.53. The molecule has 0 spiro atoms. The number of rotatable bonds is 3. The van der Waals surface area contributed by atoms with Crippen molar-refractivity contribution in [2.75, 3.05) is 20.3 Å². The summed E-state index contributed by atoms with van der Waals surface area (Å²) in [6.45, 7) is 2.98. The Bertz CT molecular complexity index is 394. The van der Waals surface area contributed by atoms with Crippen LogP contribution in [-0.2, 0) is 15.3 Å². The maximum absolute atomic E-state index is 10.9. The van der Waals surface area contributed by atoms with Gasteiger partial charge in [-0.3, -0.25) is 4.79 Å². The van der Waals surface area contributed by atoms with Crippen LogP contribution in [0, 0.1) is 0 Å². The van der Waals surface area contributed by atoms with Gasteiger partial charge in [-0.1, -0.05) is 0 Å². The van der Waals surface area contributed by atoms with Gasteiger partial charge in [-0.05, 0) is 25.1 Å². The van der Waals surface area contributed by atoms with Crippen LogP contribution in [-0.4, -0.2) is 26.6 Å². The van der Waals surface area contributed by atoms with Gasteiger partial charge in [-0.15, -0.1) is 0 Å². The third-order valence-corrected chi connectivity index (χ3v) is 2.72. The lowest BCUT2D eigenvalue weighted by Crippen LogP contribution is -2.22. The van der Waals surface area contributed by atoms with Gasteiger partial charge in [0.15, 0.2) is 12.1 Å². The van der Waals surface area contributed by atoms with E-state index >= 15 is 0 Å². The number of hydrogen-bond donors (Lipinski definition) is 0. The average Bonchev–Trinajstić information content (AvgIpc) is 2.76. The molecule has 4 heteroatoms. The number of hydrogen-bond acceptors (Lipinski definition) is 4. The molecular weight excluding hydrogens is 208 g/mol. The summed E-state index contributed by atoms with van der Waals surface area (Å²) in [6.07, 6.45) is 0.765. The summed E-state index contributed by atoms with van der Waals surface area (Å²) in [4.78, 5) is 10.9. The molecule has 16 heavy (non-hydrogen) atoms. The first-order chi connectivity index (χ1) is 7.69. The molecule has 1 saturated heterocycles. The third kappa shape index (κ3) is 1.81. The van der Waals surface area contributed by atoms with E-state index in [4.69, 9.17) is 14.2 Å². The third-order valence-electron chi connectivity index (χ3n) is 2.72. The van der Waals surface area contributed by atoms with E-state index in [0.717, 1.165) is 11.8 Å². The van der Waals surface area contributed by atoms with Crippen molar-refractivity contribution in [3.05, 3.63) is 29.3 Å². The Kier molecular flexibility index (Phi) is 2.94. The van der Waals surface area contributed by atoms with E-state index in [1.54, 1.807) is 12.1 Å². The number of aldehydes is 1. The standard InChI is InChI=1S/C12H14O4/c1-12(15-5-6-16-12)10-3-4-11(14-2)9(7-10)8-13/h3-4,7-8H,5-6H2,1-2H3. The van der Waals surface area contributed by atoms with Gasteiger partial charge >= 0.3 is 0 Å². The van der Waals surface area contributed by atoms with E-state index in [9.17, 15) is 4.79 Å². The second-order valence-corrected chi connectivity index (χ2v) is 3.72. The van der Waals surface area contributed by atoms with E-state index in [1.165, 1.54) is 7.11 Å². The minimum absolute atomic E-state index is 0.500. The van der Waals surface area contributed by atoms with E-state index in [-0.39, 0.29) is 0 Å². The van der Waals surface area contributed by atoms with Gasteiger partial charge in [0.25, 0.3) is 0 Å². The molecule has 0 bridgehead atoms. The number of benzene rings is 1. The quantitative estimate of drug-likeness (QED) is 0.730. The Morgan fingerprint density at radius 3 is 2.62 bits per heavy atom.